The molecule has 4 heteroatoms. The minimum atomic E-state index is 0.227. The number of phenolic OH excluding ortho intramolecular Hbond substituents is 1. The molecule has 0 heterocycles. The van der Waals surface area contributed by atoms with Crippen molar-refractivity contribution >= 4 is 17.6 Å². The quantitative estimate of drug-likeness (QED) is 0.809. The predicted molar refractivity (Wildman–Crippen MR) is 96.7 cm³/mol. The smallest absolute Gasteiger partial charge is 0.144 e. The molecule has 0 aliphatic carbocycles. The second-order valence-corrected chi connectivity index (χ2v) is 5.35. The van der Waals surface area contributed by atoms with Crippen LogP contribution in [-0.4, -0.2) is 31.5 Å². The first-order valence-corrected chi connectivity index (χ1v) is 7.85. The molecule has 4 nitrogen and oxygen atoms in total. The van der Waals surface area contributed by atoms with E-state index in [0.717, 1.165) is 30.0 Å². The van der Waals surface area contributed by atoms with Crippen LogP contribution in [0.1, 0.15) is 25.0 Å². The van der Waals surface area contributed by atoms with E-state index >= 15 is 0 Å². The lowest BCUT2D eigenvalue weighted by Gasteiger charge is -2.21. The highest BCUT2D eigenvalue weighted by Crippen LogP contribution is 2.29. The fourth-order valence-electron chi connectivity index (χ4n) is 2.47. The maximum atomic E-state index is 10.2. The molecule has 0 aliphatic rings. The van der Waals surface area contributed by atoms with E-state index in [0.29, 0.717) is 11.3 Å². The van der Waals surface area contributed by atoms with Crippen LogP contribution in [-0.2, 0) is 0 Å². The average molecular weight is 312 g/mol. The molecule has 0 unspecified atom stereocenters. The first-order chi connectivity index (χ1) is 11.1. The molecule has 0 bridgehead atoms. The lowest BCUT2D eigenvalue weighted by atomic mass is 10.1. The number of phenols is 1. The Morgan fingerprint density at radius 1 is 1.13 bits per heavy atom. The van der Waals surface area contributed by atoms with Crippen molar-refractivity contribution in [3.05, 3.63) is 47.5 Å². The SMILES string of the molecule is CCN(CC)c1ccc(C=Nc2cc(C)ccc2OC)c(O)c1. The highest BCUT2D eigenvalue weighted by Gasteiger charge is 2.06. The summed E-state index contributed by atoms with van der Waals surface area (Å²) in [5.74, 6) is 0.941. The third-order valence-corrected chi connectivity index (χ3v) is 3.82. The lowest BCUT2D eigenvalue weighted by Crippen LogP contribution is -2.21. The number of anilines is 1. The normalized spacial score (nSPS) is 11.0. The first kappa shape index (κ1) is 16.9. The Bertz CT molecular complexity index is 692. The average Bonchev–Trinajstić information content (AvgIpc) is 2.55. The number of methoxy groups -OCH3 is 1. The predicted octanol–water partition coefficient (Wildman–Crippen LogP) is 4.31. The summed E-state index contributed by atoms with van der Waals surface area (Å²) >= 11 is 0. The standard InChI is InChI=1S/C19H24N2O2/c1-5-21(6-2)16-9-8-15(18(22)12-16)13-20-17-11-14(3)7-10-19(17)23-4/h7-13,22H,5-6H2,1-4H3. The molecular formula is C19H24N2O2. The molecule has 1 N–H and O–H groups in total. The molecule has 0 saturated carbocycles. The number of aliphatic imine (C=N–C) groups is 1. The van der Waals surface area contributed by atoms with Gasteiger partial charge in [-0.1, -0.05) is 6.07 Å². The second-order valence-electron chi connectivity index (χ2n) is 5.35. The molecule has 122 valence electrons. The molecular weight excluding hydrogens is 288 g/mol. The van der Waals surface area contributed by atoms with Crippen molar-refractivity contribution < 1.29 is 9.84 Å². The molecule has 0 aromatic heterocycles. The van der Waals surface area contributed by atoms with Gasteiger partial charge in [0.05, 0.1) is 7.11 Å². The summed E-state index contributed by atoms with van der Waals surface area (Å²) in [6, 6.07) is 11.5. The molecule has 2 rings (SSSR count). The van der Waals surface area contributed by atoms with Gasteiger partial charge in [-0.25, -0.2) is 0 Å². The minimum Gasteiger partial charge on any atom is -0.507 e. The fourth-order valence-corrected chi connectivity index (χ4v) is 2.47. The number of aryl methyl sites for hydroxylation is 1. The monoisotopic (exact) mass is 312 g/mol. The van der Waals surface area contributed by atoms with E-state index in [2.05, 4.69) is 23.7 Å². The van der Waals surface area contributed by atoms with Crippen molar-refractivity contribution in [3.63, 3.8) is 0 Å². The van der Waals surface area contributed by atoms with Crippen molar-refractivity contribution in [1.29, 1.82) is 0 Å². The molecule has 23 heavy (non-hydrogen) atoms. The summed E-state index contributed by atoms with van der Waals surface area (Å²) < 4.78 is 5.32. The van der Waals surface area contributed by atoms with E-state index in [1.165, 1.54) is 0 Å². The molecule has 0 saturated heterocycles. The van der Waals surface area contributed by atoms with Gasteiger partial charge in [-0.2, -0.15) is 0 Å². The summed E-state index contributed by atoms with van der Waals surface area (Å²) in [7, 11) is 1.63. The molecule has 2 aromatic rings. The minimum absolute atomic E-state index is 0.227. The zero-order valence-corrected chi connectivity index (χ0v) is 14.2. The third kappa shape index (κ3) is 4.03. The van der Waals surface area contributed by atoms with Gasteiger partial charge in [-0.3, -0.25) is 4.99 Å². The number of rotatable bonds is 6. The Kier molecular flexibility index (Phi) is 5.63. The Balaban J connectivity index is 2.28. The highest BCUT2D eigenvalue weighted by atomic mass is 16.5. The number of ether oxygens (including phenoxy) is 1. The van der Waals surface area contributed by atoms with E-state index in [1.54, 1.807) is 19.4 Å². The Morgan fingerprint density at radius 2 is 1.87 bits per heavy atom. The van der Waals surface area contributed by atoms with Gasteiger partial charge in [0, 0.05) is 36.6 Å². The second kappa shape index (κ2) is 7.68. The van der Waals surface area contributed by atoms with Crippen LogP contribution in [0.25, 0.3) is 0 Å². The molecule has 0 fully saturated rings. The van der Waals surface area contributed by atoms with E-state index in [9.17, 15) is 5.11 Å². The number of hydrogen-bond donors (Lipinski definition) is 1. The van der Waals surface area contributed by atoms with E-state index < -0.39 is 0 Å². The fraction of sp³-hybridized carbons (Fsp3) is 0.316. The number of hydrogen-bond acceptors (Lipinski definition) is 4. The molecule has 0 aliphatic heterocycles. The number of benzene rings is 2. The van der Waals surface area contributed by atoms with Crippen LogP contribution in [0, 0.1) is 6.92 Å². The third-order valence-electron chi connectivity index (χ3n) is 3.82. The van der Waals surface area contributed by atoms with E-state index in [-0.39, 0.29) is 5.75 Å². The van der Waals surface area contributed by atoms with Crippen molar-refractivity contribution in [1.82, 2.24) is 0 Å². The summed E-state index contributed by atoms with van der Waals surface area (Å²) in [5.41, 5.74) is 3.56. The van der Waals surface area contributed by atoms with Crippen LogP contribution in [0.3, 0.4) is 0 Å². The summed E-state index contributed by atoms with van der Waals surface area (Å²) in [6.07, 6.45) is 1.67. The Hall–Kier alpha value is -2.49. The van der Waals surface area contributed by atoms with Crippen molar-refractivity contribution in [2.45, 2.75) is 20.8 Å². The maximum absolute atomic E-state index is 10.2. The maximum Gasteiger partial charge on any atom is 0.144 e. The molecule has 0 amide bonds. The van der Waals surface area contributed by atoms with E-state index in [1.807, 2.05) is 37.3 Å². The van der Waals surface area contributed by atoms with Gasteiger partial charge in [0.1, 0.15) is 17.2 Å². The zero-order chi connectivity index (χ0) is 16.8. The van der Waals surface area contributed by atoms with Gasteiger partial charge in [0.25, 0.3) is 0 Å². The van der Waals surface area contributed by atoms with Gasteiger partial charge < -0.3 is 14.7 Å². The molecule has 0 radical (unpaired) electrons. The first-order valence-electron chi connectivity index (χ1n) is 7.85. The summed E-state index contributed by atoms with van der Waals surface area (Å²) in [5, 5.41) is 10.2. The highest BCUT2D eigenvalue weighted by molar-refractivity contribution is 5.87. The van der Waals surface area contributed by atoms with Crippen molar-refractivity contribution in [3.8, 4) is 11.5 Å². The number of nitrogens with zero attached hydrogens (tertiary/aromatic N) is 2. The Morgan fingerprint density at radius 3 is 2.48 bits per heavy atom. The largest absolute Gasteiger partial charge is 0.507 e. The summed E-state index contributed by atoms with van der Waals surface area (Å²) in [6.45, 7) is 8.02. The van der Waals surface area contributed by atoms with Crippen molar-refractivity contribution in [2.24, 2.45) is 4.99 Å². The van der Waals surface area contributed by atoms with Crippen LogP contribution in [0.5, 0.6) is 11.5 Å². The van der Waals surface area contributed by atoms with Crippen LogP contribution >= 0.6 is 0 Å². The Labute approximate surface area is 138 Å². The zero-order valence-electron chi connectivity index (χ0n) is 14.2. The topological polar surface area (TPSA) is 45.1 Å². The van der Waals surface area contributed by atoms with Crippen LogP contribution < -0.4 is 9.64 Å². The van der Waals surface area contributed by atoms with Crippen LogP contribution in [0.15, 0.2) is 41.4 Å². The lowest BCUT2D eigenvalue weighted by molar-refractivity contribution is 0.416. The molecule has 2 aromatic carbocycles. The van der Waals surface area contributed by atoms with Gasteiger partial charge >= 0.3 is 0 Å². The van der Waals surface area contributed by atoms with Crippen LogP contribution in [0.4, 0.5) is 11.4 Å². The van der Waals surface area contributed by atoms with Crippen molar-refractivity contribution in [2.75, 3.05) is 25.1 Å². The summed E-state index contributed by atoms with van der Waals surface area (Å²) in [4.78, 5) is 6.64. The molecule has 0 atom stereocenters. The molecule has 0 spiro atoms. The van der Waals surface area contributed by atoms with E-state index in [4.69, 9.17) is 4.74 Å². The van der Waals surface area contributed by atoms with Gasteiger partial charge in [-0.05, 0) is 50.6 Å². The van der Waals surface area contributed by atoms with Gasteiger partial charge in [-0.15, -0.1) is 0 Å². The van der Waals surface area contributed by atoms with Gasteiger partial charge in [0.2, 0.25) is 0 Å². The van der Waals surface area contributed by atoms with Gasteiger partial charge in [0.15, 0.2) is 0 Å². The van der Waals surface area contributed by atoms with Crippen LogP contribution in [0.2, 0.25) is 0 Å². The number of aromatic hydroxyl groups is 1.